The summed E-state index contributed by atoms with van der Waals surface area (Å²) in [6, 6.07) is 6.18. The summed E-state index contributed by atoms with van der Waals surface area (Å²) in [6.07, 6.45) is 0.662. The fourth-order valence-electron chi connectivity index (χ4n) is 2.25. The number of rotatable bonds is 0. The maximum Gasteiger partial charge on any atom is 0.0798 e. The lowest BCUT2D eigenvalue weighted by Crippen LogP contribution is -1.91. The molecule has 12 heavy (non-hydrogen) atoms. The standard InChI is InChI=1S/C11H14O/c1-7-4-3-5-9-10(12)6-8(2)11(7)9/h3-5,8,10,12H,6H2,1-2H3. The van der Waals surface area contributed by atoms with Crippen LogP contribution in [0.5, 0.6) is 0 Å². The molecule has 0 spiro atoms. The fraction of sp³-hybridized carbons (Fsp3) is 0.455. The average Bonchev–Trinajstić information content (AvgIpc) is 2.29. The fourth-order valence-corrected chi connectivity index (χ4v) is 2.25. The lowest BCUT2D eigenvalue weighted by atomic mass is 9.98. The van der Waals surface area contributed by atoms with Gasteiger partial charge in [-0.2, -0.15) is 0 Å². The predicted molar refractivity (Wildman–Crippen MR) is 49.2 cm³/mol. The van der Waals surface area contributed by atoms with Crippen molar-refractivity contribution >= 4 is 0 Å². The lowest BCUT2D eigenvalue weighted by molar-refractivity contribution is 0.174. The van der Waals surface area contributed by atoms with Crippen LogP contribution >= 0.6 is 0 Å². The molecule has 0 fully saturated rings. The Bertz CT molecular complexity index is 304. The minimum absolute atomic E-state index is 0.227. The van der Waals surface area contributed by atoms with E-state index in [2.05, 4.69) is 19.9 Å². The van der Waals surface area contributed by atoms with Crippen molar-refractivity contribution in [2.24, 2.45) is 0 Å². The van der Waals surface area contributed by atoms with E-state index in [1.165, 1.54) is 11.1 Å². The molecule has 0 aliphatic heterocycles. The van der Waals surface area contributed by atoms with E-state index in [4.69, 9.17) is 0 Å². The highest BCUT2D eigenvalue weighted by atomic mass is 16.3. The normalized spacial score (nSPS) is 27.2. The molecule has 64 valence electrons. The van der Waals surface area contributed by atoms with Crippen LogP contribution in [-0.2, 0) is 0 Å². The quantitative estimate of drug-likeness (QED) is 0.621. The SMILES string of the molecule is Cc1cccc2c1C(C)CC2O. The summed E-state index contributed by atoms with van der Waals surface area (Å²) in [5.74, 6) is 0.524. The third kappa shape index (κ3) is 0.969. The summed E-state index contributed by atoms with van der Waals surface area (Å²) in [5, 5.41) is 9.68. The molecule has 1 aromatic rings. The number of aryl methyl sites for hydroxylation is 1. The molecule has 2 unspecified atom stereocenters. The highest BCUT2D eigenvalue weighted by molar-refractivity contribution is 5.42. The second kappa shape index (κ2) is 2.60. The van der Waals surface area contributed by atoms with Crippen LogP contribution in [0.1, 0.15) is 42.1 Å². The van der Waals surface area contributed by atoms with Gasteiger partial charge in [0, 0.05) is 0 Å². The number of hydrogen-bond acceptors (Lipinski definition) is 1. The third-order valence-electron chi connectivity index (χ3n) is 2.79. The second-order valence-electron chi connectivity index (χ2n) is 3.73. The molecule has 1 aliphatic rings. The lowest BCUT2D eigenvalue weighted by Gasteiger charge is -2.07. The average molecular weight is 162 g/mol. The number of benzene rings is 1. The Morgan fingerprint density at radius 3 is 2.83 bits per heavy atom. The van der Waals surface area contributed by atoms with Crippen LogP contribution in [-0.4, -0.2) is 5.11 Å². The molecule has 0 aromatic heterocycles. The van der Waals surface area contributed by atoms with Gasteiger partial charge < -0.3 is 5.11 Å². The van der Waals surface area contributed by atoms with E-state index in [9.17, 15) is 5.11 Å². The molecule has 1 aliphatic carbocycles. The summed E-state index contributed by atoms with van der Waals surface area (Å²) >= 11 is 0. The van der Waals surface area contributed by atoms with E-state index >= 15 is 0 Å². The van der Waals surface area contributed by atoms with Gasteiger partial charge in [-0.25, -0.2) is 0 Å². The molecule has 0 amide bonds. The van der Waals surface area contributed by atoms with Crippen molar-refractivity contribution in [3.05, 3.63) is 34.9 Å². The molecule has 1 N–H and O–H groups in total. The number of hydrogen-bond donors (Lipinski definition) is 1. The molecule has 0 saturated heterocycles. The predicted octanol–water partition coefficient (Wildman–Crippen LogP) is 2.54. The number of fused-ring (bicyclic) bond motifs is 1. The van der Waals surface area contributed by atoms with Crippen LogP contribution < -0.4 is 0 Å². The Balaban J connectivity index is 2.59. The summed E-state index contributed by atoms with van der Waals surface area (Å²) < 4.78 is 0. The van der Waals surface area contributed by atoms with Crippen molar-refractivity contribution in [2.45, 2.75) is 32.3 Å². The van der Waals surface area contributed by atoms with Gasteiger partial charge in [-0.3, -0.25) is 0 Å². The molecule has 1 aromatic carbocycles. The molecular weight excluding hydrogens is 148 g/mol. The van der Waals surface area contributed by atoms with E-state index in [0.717, 1.165) is 12.0 Å². The van der Waals surface area contributed by atoms with Gasteiger partial charge in [-0.1, -0.05) is 25.1 Å². The van der Waals surface area contributed by atoms with Crippen molar-refractivity contribution in [3.8, 4) is 0 Å². The number of aliphatic hydroxyl groups excluding tert-OH is 1. The van der Waals surface area contributed by atoms with Crippen LogP contribution in [0.2, 0.25) is 0 Å². The first kappa shape index (κ1) is 7.81. The first-order valence-corrected chi connectivity index (χ1v) is 4.47. The monoisotopic (exact) mass is 162 g/mol. The van der Waals surface area contributed by atoms with Crippen molar-refractivity contribution < 1.29 is 5.11 Å². The van der Waals surface area contributed by atoms with Crippen LogP contribution in [0.25, 0.3) is 0 Å². The Hall–Kier alpha value is -0.820. The highest BCUT2D eigenvalue weighted by Gasteiger charge is 2.27. The van der Waals surface area contributed by atoms with Crippen LogP contribution in [0, 0.1) is 6.92 Å². The van der Waals surface area contributed by atoms with Crippen LogP contribution in [0.3, 0.4) is 0 Å². The summed E-state index contributed by atoms with van der Waals surface area (Å²) in [7, 11) is 0. The van der Waals surface area contributed by atoms with E-state index in [1.54, 1.807) is 0 Å². The maximum absolute atomic E-state index is 9.68. The first-order valence-electron chi connectivity index (χ1n) is 4.47. The Morgan fingerprint density at radius 2 is 2.17 bits per heavy atom. The van der Waals surface area contributed by atoms with Crippen molar-refractivity contribution in [2.75, 3.05) is 0 Å². The van der Waals surface area contributed by atoms with E-state index in [-0.39, 0.29) is 6.10 Å². The summed E-state index contributed by atoms with van der Waals surface area (Å²) in [6.45, 7) is 4.30. The molecule has 0 bridgehead atoms. The van der Waals surface area contributed by atoms with Gasteiger partial charge in [0.1, 0.15) is 0 Å². The van der Waals surface area contributed by atoms with Gasteiger partial charge in [-0.05, 0) is 36.0 Å². The molecule has 0 saturated carbocycles. The molecule has 1 heteroatoms. The zero-order valence-electron chi connectivity index (χ0n) is 7.54. The molecule has 2 atom stereocenters. The Morgan fingerprint density at radius 1 is 1.42 bits per heavy atom. The van der Waals surface area contributed by atoms with Gasteiger partial charge in [0.05, 0.1) is 6.10 Å². The smallest absolute Gasteiger partial charge is 0.0798 e. The first-order chi connectivity index (χ1) is 5.70. The zero-order chi connectivity index (χ0) is 8.72. The molecule has 0 radical (unpaired) electrons. The second-order valence-corrected chi connectivity index (χ2v) is 3.73. The zero-order valence-corrected chi connectivity index (χ0v) is 7.54. The van der Waals surface area contributed by atoms with E-state index in [1.807, 2.05) is 12.1 Å². The van der Waals surface area contributed by atoms with Crippen LogP contribution in [0.15, 0.2) is 18.2 Å². The highest BCUT2D eigenvalue weighted by Crippen LogP contribution is 2.41. The summed E-state index contributed by atoms with van der Waals surface area (Å²) in [5.41, 5.74) is 3.82. The van der Waals surface area contributed by atoms with Crippen molar-refractivity contribution in [1.82, 2.24) is 0 Å². The largest absolute Gasteiger partial charge is 0.388 e. The van der Waals surface area contributed by atoms with Gasteiger partial charge in [0.15, 0.2) is 0 Å². The Labute approximate surface area is 73.0 Å². The van der Waals surface area contributed by atoms with Crippen molar-refractivity contribution in [3.63, 3.8) is 0 Å². The van der Waals surface area contributed by atoms with Gasteiger partial charge >= 0.3 is 0 Å². The topological polar surface area (TPSA) is 20.2 Å². The molecular formula is C11H14O. The van der Waals surface area contributed by atoms with Gasteiger partial charge in [-0.15, -0.1) is 0 Å². The summed E-state index contributed by atoms with van der Waals surface area (Å²) in [4.78, 5) is 0. The maximum atomic E-state index is 9.68. The molecule has 2 rings (SSSR count). The van der Waals surface area contributed by atoms with Gasteiger partial charge in [0.2, 0.25) is 0 Å². The minimum Gasteiger partial charge on any atom is -0.388 e. The molecule has 1 nitrogen and oxygen atoms in total. The minimum atomic E-state index is -0.227. The van der Waals surface area contributed by atoms with E-state index < -0.39 is 0 Å². The van der Waals surface area contributed by atoms with E-state index in [0.29, 0.717) is 5.92 Å². The van der Waals surface area contributed by atoms with Gasteiger partial charge in [0.25, 0.3) is 0 Å². The number of aliphatic hydroxyl groups is 1. The van der Waals surface area contributed by atoms with Crippen LogP contribution in [0.4, 0.5) is 0 Å². The third-order valence-corrected chi connectivity index (χ3v) is 2.79. The van der Waals surface area contributed by atoms with Crippen molar-refractivity contribution in [1.29, 1.82) is 0 Å². The Kier molecular flexibility index (Phi) is 1.69. The molecule has 0 heterocycles.